The van der Waals surface area contributed by atoms with Crippen LogP contribution in [0.15, 0.2) is 18.2 Å². The monoisotopic (exact) mass is 296 g/mol. The predicted molar refractivity (Wildman–Crippen MR) is 82.3 cm³/mol. The second-order valence-electron chi connectivity index (χ2n) is 5.92. The molecule has 0 heterocycles. The van der Waals surface area contributed by atoms with Gasteiger partial charge >= 0.3 is 0 Å². The molecule has 1 N–H and O–H groups in total. The SMILES string of the molecule is CC(C)C1CCC(Nc2cc(Cl)ccc2[N+](=O)[O-])CC1. The minimum absolute atomic E-state index is 0.0976. The van der Waals surface area contributed by atoms with Gasteiger partial charge in [-0.15, -0.1) is 0 Å². The second kappa shape index (κ2) is 6.44. The molecule has 2 rings (SSSR count). The summed E-state index contributed by atoms with van der Waals surface area (Å²) in [6.45, 7) is 4.53. The van der Waals surface area contributed by atoms with Gasteiger partial charge in [0.05, 0.1) is 4.92 Å². The number of benzene rings is 1. The largest absolute Gasteiger partial charge is 0.377 e. The van der Waals surface area contributed by atoms with Crippen molar-refractivity contribution in [2.24, 2.45) is 11.8 Å². The fourth-order valence-corrected chi connectivity index (χ4v) is 3.11. The molecule has 1 aromatic rings. The van der Waals surface area contributed by atoms with Crippen LogP contribution >= 0.6 is 11.6 Å². The first-order valence-electron chi connectivity index (χ1n) is 7.18. The minimum atomic E-state index is -0.363. The molecule has 4 nitrogen and oxygen atoms in total. The second-order valence-corrected chi connectivity index (χ2v) is 6.36. The average Bonchev–Trinajstić information content (AvgIpc) is 2.39. The summed E-state index contributed by atoms with van der Waals surface area (Å²) < 4.78 is 0. The molecule has 0 saturated heterocycles. The molecule has 1 aliphatic rings. The standard InChI is InChI=1S/C15H21ClN2O2/c1-10(2)11-3-6-13(7-4-11)17-14-9-12(16)5-8-15(14)18(19)20/h5,8-11,13,17H,3-4,6-7H2,1-2H3. The van der Waals surface area contributed by atoms with Crippen molar-refractivity contribution >= 4 is 23.0 Å². The number of anilines is 1. The number of hydrogen-bond donors (Lipinski definition) is 1. The van der Waals surface area contributed by atoms with E-state index in [1.54, 1.807) is 12.1 Å². The number of hydrogen-bond acceptors (Lipinski definition) is 3. The molecule has 110 valence electrons. The van der Waals surface area contributed by atoms with Crippen LogP contribution in [0.1, 0.15) is 39.5 Å². The van der Waals surface area contributed by atoms with Crippen molar-refractivity contribution in [3.8, 4) is 0 Å². The summed E-state index contributed by atoms with van der Waals surface area (Å²) >= 11 is 5.94. The van der Waals surface area contributed by atoms with Crippen molar-refractivity contribution in [2.45, 2.75) is 45.6 Å². The molecule has 0 radical (unpaired) electrons. The molecule has 0 amide bonds. The number of nitrogens with zero attached hydrogens (tertiary/aromatic N) is 1. The quantitative estimate of drug-likeness (QED) is 0.636. The smallest absolute Gasteiger partial charge is 0.292 e. The Morgan fingerprint density at radius 2 is 1.95 bits per heavy atom. The molecule has 1 aromatic carbocycles. The van der Waals surface area contributed by atoms with Crippen LogP contribution in [0.25, 0.3) is 0 Å². The Bertz CT molecular complexity index is 483. The average molecular weight is 297 g/mol. The lowest BCUT2D eigenvalue weighted by Crippen LogP contribution is -2.28. The van der Waals surface area contributed by atoms with E-state index in [1.807, 2.05) is 0 Å². The lowest BCUT2D eigenvalue weighted by Gasteiger charge is -2.31. The Kier molecular flexibility index (Phi) is 4.86. The van der Waals surface area contributed by atoms with Crippen molar-refractivity contribution in [2.75, 3.05) is 5.32 Å². The first kappa shape index (κ1) is 15.1. The third-order valence-corrected chi connectivity index (χ3v) is 4.46. The zero-order chi connectivity index (χ0) is 14.7. The van der Waals surface area contributed by atoms with E-state index in [0.717, 1.165) is 24.7 Å². The number of nitro benzene ring substituents is 1. The van der Waals surface area contributed by atoms with E-state index in [9.17, 15) is 10.1 Å². The van der Waals surface area contributed by atoms with Crippen LogP contribution in [0.2, 0.25) is 5.02 Å². The van der Waals surface area contributed by atoms with Gasteiger partial charge in [-0.2, -0.15) is 0 Å². The summed E-state index contributed by atoms with van der Waals surface area (Å²) in [5.74, 6) is 1.50. The van der Waals surface area contributed by atoms with Crippen LogP contribution in [-0.2, 0) is 0 Å². The van der Waals surface area contributed by atoms with Gasteiger partial charge in [0.25, 0.3) is 5.69 Å². The first-order chi connectivity index (χ1) is 9.47. The molecular weight excluding hydrogens is 276 g/mol. The van der Waals surface area contributed by atoms with E-state index >= 15 is 0 Å². The van der Waals surface area contributed by atoms with Gasteiger partial charge in [-0.25, -0.2) is 0 Å². The highest BCUT2D eigenvalue weighted by Gasteiger charge is 2.25. The van der Waals surface area contributed by atoms with Crippen LogP contribution in [0.4, 0.5) is 11.4 Å². The molecule has 1 fully saturated rings. The molecule has 0 spiro atoms. The Balaban J connectivity index is 2.04. The Labute approximate surface area is 124 Å². The molecule has 0 unspecified atom stereocenters. The maximum Gasteiger partial charge on any atom is 0.292 e. The number of halogens is 1. The maximum absolute atomic E-state index is 11.0. The molecule has 0 atom stereocenters. The summed E-state index contributed by atoms with van der Waals surface area (Å²) in [6, 6.07) is 4.97. The molecule has 1 saturated carbocycles. The Hall–Kier alpha value is -1.29. The van der Waals surface area contributed by atoms with Crippen LogP contribution in [-0.4, -0.2) is 11.0 Å². The van der Waals surface area contributed by atoms with E-state index in [4.69, 9.17) is 11.6 Å². The van der Waals surface area contributed by atoms with Gasteiger partial charge in [0.1, 0.15) is 5.69 Å². The summed E-state index contributed by atoms with van der Waals surface area (Å²) in [5, 5.41) is 14.9. The van der Waals surface area contributed by atoms with Crippen molar-refractivity contribution in [3.63, 3.8) is 0 Å². The number of nitro groups is 1. The number of nitrogens with one attached hydrogen (secondary N) is 1. The Morgan fingerprint density at radius 3 is 2.50 bits per heavy atom. The van der Waals surface area contributed by atoms with Crippen LogP contribution in [0.5, 0.6) is 0 Å². The van der Waals surface area contributed by atoms with Gasteiger partial charge in [0.2, 0.25) is 0 Å². The van der Waals surface area contributed by atoms with Gasteiger partial charge < -0.3 is 5.32 Å². The zero-order valence-electron chi connectivity index (χ0n) is 11.9. The summed E-state index contributed by atoms with van der Waals surface area (Å²) in [5.41, 5.74) is 0.635. The van der Waals surface area contributed by atoms with Crippen LogP contribution in [0, 0.1) is 22.0 Å². The highest BCUT2D eigenvalue weighted by molar-refractivity contribution is 6.31. The fraction of sp³-hybridized carbons (Fsp3) is 0.600. The Morgan fingerprint density at radius 1 is 1.30 bits per heavy atom. The molecule has 0 aromatic heterocycles. The lowest BCUT2D eigenvalue weighted by atomic mass is 9.79. The topological polar surface area (TPSA) is 55.2 Å². The lowest BCUT2D eigenvalue weighted by molar-refractivity contribution is -0.384. The molecule has 1 aliphatic carbocycles. The zero-order valence-corrected chi connectivity index (χ0v) is 12.7. The first-order valence-corrected chi connectivity index (χ1v) is 7.55. The van der Waals surface area contributed by atoms with Gasteiger partial charge in [-0.1, -0.05) is 25.4 Å². The molecule has 20 heavy (non-hydrogen) atoms. The summed E-state index contributed by atoms with van der Waals surface area (Å²) in [7, 11) is 0. The van der Waals surface area contributed by atoms with Gasteiger partial charge in [0, 0.05) is 17.1 Å². The highest BCUT2D eigenvalue weighted by atomic mass is 35.5. The van der Waals surface area contributed by atoms with E-state index in [0.29, 0.717) is 16.8 Å². The van der Waals surface area contributed by atoms with E-state index in [2.05, 4.69) is 19.2 Å². The summed E-state index contributed by atoms with van der Waals surface area (Å²) in [6.07, 6.45) is 4.49. The van der Waals surface area contributed by atoms with Gasteiger partial charge in [0.15, 0.2) is 0 Å². The van der Waals surface area contributed by atoms with E-state index in [1.165, 1.54) is 18.9 Å². The third kappa shape index (κ3) is 3.63. The van der Waals surface area contributed by atoms with Gasteiger partial charge in [-0.3, -0.25) is 10.1 Å². The third-order valence-electron chi connectivity index (χ3n) is 4.23. The fourth-order valence-electron chi connectivity index (χ4n) is 2.93. The molecular formula is C15H21ClN2O2. The summed E-state index contributed by atoms with van der Waals surface area (Å²) in [4.78, 5) is 10.7. The van der Waals surface area contributed by atoms with Crippen molar-refractivity contribution < 1.29 is 4.92 Å². The van der Waals surface area contributed by atoms with Crippen molar-refractivity contribution in [1.29, 1.82) is 0 Å². The minimum Gasteiger partial charge on any atom is -0.377 e. The van der Waals surface area contributed by atoms with Crippen molar-refractivity contribution in [1.82, 2.24) is 0 Å². The molecule has 0 bridgehead atoms. The predicted octanol–water partition coefficient (Wildman–Crippen LogP) is 4.87. The molecule has 5 heteroatoms. The molecule has 0 aliphatic heterocycles. The van der Waals surface area contributed by atoms with Gasteiger partial charge in [-0.05, 0) is 49.7 Å². The highest BCUT2D eigenvalue weighted by Crippen LogP contribution is 2.34. The van der Waals surface area contributed by atoms with Crippen LogP contribution in [0.3, 0.4) is 0 Å². The van der Waals surface area contributed by atoms with Crippen LogP contribution < -0.4 is 5.32 Å². The van der Waals surface area contributed by atoms with E-state index in [-0.39, 0.29) is 10.6 Å². The normalized spacial score (nSPS) is 22.8. The van der Waals surface area contributed by atoms with Crippen molar-refractivity contribution in [3.05, 3.63) is 33.3 Å². The maximum atomic E-state index is 11.0. The number of rotatable bonds is 4. The van der Waals surface area contributed by atoms with E-state index < -0.39 is 0 Å².